The van der Waals surface area contributed by atoms with Gasteiger partial charge in [0.15, 0.2) is 23.4 Å². The minimum atomic E-state index is -1.21. The molecule has 5 heteroatoms. The van der Waals surface area contributed by atoms with Gasteiger partial charge in [-0.25, -0.2) is 0 Å². The highest BCUT2D eigenvalue weighted by Crippen LogP contribution is 2.62. The molecule has 2 aliphatic heterocycles. The topological polar surface area (TPSA) is 70.0 Å². The summed E-state index contributed by atoms with van der Waals surface area (Å²) in [4.78, 5) is 15.1. The molecule has 3 atom stereocenters. The fraction of sp³-hybridized carbons (Fsp3) is 0.571. The van der Waals surface area contributed by atoms with Gasteiger partial charge in [0.1, 0.15) is 5.60 Å². The molecule has 1 saturated heterocycles. The van der Waals surface area contributed by atoms with Crippen molar-refractivity contribution in [3.63, 3.8) is 0 Å². The number of rotatable bonds is 4. The minimum Gasteiger partial charge on any atom is -0.504 e. The molecule has 4 aliphatic rings. The van der Waals surface area contributed by atoms with Crippen LogP contribution in [0.15, 0.2) is 17.8 Å². The van der Waals surface area contributed by atoms with Gasteiger partial charge in [-0.2, -0.15) is 0 Å². The number of phenolic OH excluding ortho intramolecular Hbond substituents is 1. The second kappa shape index (κ2) is 5.03. The number of likely N-dealkylation sites (tertiary alicyclic amines) is 1. The summed E-state index contributed by atoms with van der Waals surface area (Å²) < 4.78 is 6.04. The van der Waals surface area contributed by atoms with E-state index >= 15 is 0 Å². The Morgan fingerprint density at radius 1 is 1.38 bits per heavy atom. The molecular formula is C21H25NO4. The molecule has 1 unspecified atom stereocenters. The van der Waals surface area contributed by atoms with E-state index in [4.69, 9.17) is 4.74 Å². The Morgan fingerprint density at radius 3 is 2.85 bits per heavy atom. The molecule has 26 heavy (non-hydrogen) atoms. The minimum absolute atomic E-state index is 0.0243. The molecule has 2 bridgehead atoms. The Hall–Kier alpha value is -2.01. The zero-order chi connectivity index (χ0) is 18.3. The van der Waals surface area contributed by atoms with Crippen LogP contribution in [0, 0.1) is 5.92 Å². The summed E-state index contributed by atoms with van der Waals surface area (Å²) in [5.74, 6) is 1.11. The van der Waals surface area contributed by atoms with Crippen LogP contribution in [0.2, 0.25) is 0 Å². The zero-order valence-corrected chi connectivity index (χ0v) is 15.3. The molecule has 1 aromatic carbocycles. The molecule has 0 radical (unpaired) electrons. The number of fused-ring (bicyclic) bond motifs is 1. The molecular weight excluding hydrogens is 330 g/mol. The summed E-state index contributed by atoms with van der Waals surface area (Å²) in [6.45, 7) is 5.40. The normalized spacial score (nSPS) is 34.2. The number of aliphatic hydroxyl groups is 1. The lowest BCUT2D eigenvalue weighted by Crippen LogP contribution is -2.66. The average molecular weight is 355 g/mol. The van der Waals surface area contributed by atoms with E-state index in [1.807, 2.05) is 26.0 Å². The van der Waals surface area contributed by atoms with Crippen LogP contribution < -0.4 is 4.74 Å². The lowest BCUT2D eigenvalue weighted by Gasteiger charge is -2.56. The van der Waals surface area contributed by atoms with Crippen LogP contribution in [0.3, 0.4) is 0 Å². The molecule has 1 saturated carbocycles. The number of carbonyl (C=O) groups is 1. The second-order valence-electron chi connectivity index (χ2n) is 8.41. The fourth-order valence-electron chi connectivity index (χ4n) is 5.31. The van der Waals surface area contributed by atoms with Crippen molar-refractivity contribution >= 4 is 11.9 Å². The zero-order valence-electron chi connectivity index (χ0n) is 15.3. The van der Waals surface area contributed by atoms with Crippen LogP contribution in [-0.4, -0.2) is 45.7 Å². The Bertz CT molecular complexity index is 839. The Balaban J connectivity index is 1.73. The van der Waals surface area contributed by atoms with Crippen LogP contribution >= 0.6 is 0 Å². The van der Waals surface area contributed by atoms with Crippen molar-refractivity contribution in [2.75, 3.05) is 13.1 Å². The lowest BCUT2D eigenvalue weighted by molar-refractivity contribution is -0.137. The van der Waals surface area contributed by atoms with Gasteiger partial charge in [0.2, 0.25) is 0 Å². The largest absolute Gasteiger partial charge is 0.504 e. The van der Waals surface area contributed by atoms with Crippen LogP contribution in [0.1, 0.15) is 50.7 Å². The molecule has 1 aromatic rings. The van der Waals surface area contributed by atoms with Crippen LogP contribution in [0.5, 0.6) is 11.5 Å². The number of hydrogen-bond donors (Lipinski definition) is 2. The first kappa shape index (κ1) is 16.2. The number of nitrogens with zero attached hydrogens (tertiary/aromatic N) is 1. The Labute approximate surface area is 153 Å². The maximum absolute atomic E-state index is 12.8. The van der Waals surface area contributed by atoms with Crippen molar-refractivity contribution < 1.29 is 19.7 Å². The van der Waals surface area contributed by atoms with Gasteiger partial charge in [-0.3, -0.25) is 4.79 Å². The highest BCUT2D eigenvalue weighted by atomic mass is 16.5. The Kier molecular flexibility index (Phi) is 3.13. The van der Waals surface area contributed by atoms with Gasteiger partial charge >= 0.3 is 0 Å². The number of aromatic hydroxyl groups is 1. The maximum atomic E-state index is 12.8. The van der Waals surface area contributed by atoms with Crippen molar-refractivity contribution in [3.8, 4) is 11.5 Å². The number of piperidine rings is 1. The summed E-state index contributed by atoms with van der Waals surface area (Å²) >= 11 is 0. The van der Waals surface area contributed by atoms with Gasteiger partial charge in [-0.1, -0.05) is 13.0 Å². The monoisotopic (exact) mass is 355 g/mol. The molecule has 2 heterocycles. The van der Waals surface area contributed by atoms with Gasteiger partial charge < -0.3 is 19.8 Å². The molecule has 0 aromatic heterocycles. The van der Waals surface area contributed by atoms with Gasteiger partial charge in [0.05, 0.1) is 5.41 Å². The SMILES string of the molecule is CCC(=O)C1Oc2c(O)ccc3c2[C@@]12CCN(CC1CC1)C(=C3)[C@@]2(C)O. The quantitative estimate of drug-likeness (QED) is 0.869. The first-order chi connectivity index (χ1) is 12.4. The van der Waals surface area contributed by atoms with Crippen LogP contribution in [0.4, 0.5) is 0 Å². The standard InChI is InChI=1S/C21H25NO4/c1-3-14(23)19-21-8-9-22(11-12-4-5-12)16(20(21,2)25)10-13-6-7-15(24)18(26-19)17(13)21/h6-7,10,12,19,24-25H,3-5,8-9,11H2,1-2H3/t19?,20-,21+/m1/s1. The van der Waals surface area contributed by atoms with Crippen LogP contribution in [0.25, 0.3) is 6.08 Å². The van der Waals surface area contributed by atoms with E-state index in [2.05, 4.69) is 4.90 Å². The molecule has 1 spiro atoms. The van der Waals surface area contributed by atoms with Crippen molar-refractivity contribution in [3.05, 3.63) is 29.0 Å². The molecule has 0 amide bonds. The van der Waals surface area contributed by atoms with Crippen molar-refractivity contribution in [1.29, 1.82) is 0 Å². The third kappa shape index (κ3) is 1.82. The highest BCUT2D eigenvalue weighted by molar-refractivity contribution is 5.89. The number of phenols is 1. The summed E-state index contributed by atoms with van der Waals surface area (Å²) in [6.07, 6.45) is 4.77. The number of Topliss-reactive ketones (excluding diaryl/α,β-unsaturated/α-hetero) is 1. The summed E-state index contributed by atoms with van der Waals surface area (Å²) in [7, 11) is 0. The molecule has 5 rings (SSSR count). The van der Waals surface area contributed by atoms with Crippen molar-refractivity contribution in [2.24, 2.45) is 5.92 Å². The first-order valence-electron chi connectivity index (χ1n) is 9.65. The van der Waals surface area contributed by atoms with Crippen molar-refractivity contribution in [2.45, 2.75) is 56.7 Å². The number of ketones is 1. The van der Waals surface area contributed by atoms with E-state index < -0.39 is 17.1 Å². The van der Waals surface area contributed by atoms with Gasteiger partial charge in [0, 0.05) is 30.8 Å². The average Bonchev–Trinajstić information content (AvgIpc) is 3.34. The predicted octanol–water partition coefficient (Wildman–Crippen LogP) is 2.59. The van der Waals surface area contributed by atoms with Gasteiger partial charge in [-0.15, -0.1) is 0 Å². The summed E-state index contributed by atoms with van der Waals surface area (Å²) in [5.41, 5.74) is 0.615. The van der Waals surface area contributed by atoms with Gasteiger partial charge in [-0.05, 0) is 49.8 Å². The Morgan fingerprint density at radius 2 is 2.15 bits per heavy atom. The lowest BCUT2D eigenvalue weighted by atomic mass is 9.56. The smallest absolute Gasteiger partial charge is 0.174 e. The third-order valence-corrected chi connectivity index (χ3v) is 6.89. The number of ether oxygens (including phenoxy) is 1. The van der Waals surface area contributed by atoms with E-state index in [9.17, 15) is 15.0 Å². The molecule has 2 fully saturated rings. The number of hydrogen-bond acceptors (Lipinski definition) is 5. The molecule has 2 N–H and O–H groups in total. The molecule has 138 valence electrons. The summed E-state index contributed by atoms with van der Waals surface area (Å²) in [5, 5.41) is 22.1. The highest BCUT2D eigenvalue weighted by Gasteiger charge is 2.67. The molecule has 2 aliphatic carbocycles. The van der Waals surface area contributed by atoms with E-state index in [1.54, 1.807) is 6.07 Å². The van der Waals surface area contributed by atoms with Crippen LogP contribution in [-0.2, 0) is 10.2 Å². The predicted molar refractivity (Wildman–Crippen MR) is 97.0 cm³/mol. The second-order valence-corrected chi connectivity index (χ2v) is 8.41. The maximum Gasteiger partial charge on any atom is 0.174 e. The van der Waals surface area contributed by atoms with Crippen molar-refractivity contribution in [1.82, 2.24) is 4.90 Å². The number of benzene rings is 1. The fourth-order valence-corrected chi connectivity index (χ4v) is 5.31. The molecule has 5 nitrogen and oxygen atoms in total. The van der Waals surface area contributed by atoms with Gasteiger partial charge in [0.25, 0.3) is 0 Å². The van der Waals surface area contributed by atoms with E-state index in [-0.39, 0.29) is 11.5 Å². The van der Waals surface area contributed by atoms with E-state index in [1.165, 1.54) is 12.8 Å². The van der Waals surface area contributed by atoms with E-state index in [0.717, 1.165) is 29.9 Å². The van der Waals surface area contributed by atoms with E-state index in [0.29, 0.717) is 24.5 Å². The third-order valence-electron chi connectivity index (χ3n) is 6.89. The first-order valence-corrected chi connectivity index (χ1v) is 9.65. The number of carbonyl (C=O) groups excluding carboxylic acids is 1. The summed E-state index contributed by atoms with van der Waals surface area (Å²) in [6, 6.07) is 3.50.